The average molecular weight is 191 g/mol. The van der Waals surface area contributed by atoms with Crippen LogP contribution < -0.4 is 5.32 Å². The number of hydrogen-bond donors (Lipinski definition) is 1. The summed E-state index contributed by atoms with van der Waals surface area (Å²) in [5.41, 5.74) is 3.20. The first-order valence-electron chi connectivity index (χ1n) is 4.86. The van der Waals surface area contributed by atoms with Crippen LogP contribution in [0, 0.1) is 25.7 Å². The van der Waals surface area contributed by atoms with Crippen molar-refractivity contribution in [2.45, 2.75) is 20.8 Å². The monoisotopic (exact) mass is 191 g/mol. The minimum atomic E-state index is 0.740. The fraction of sp³-hybridized carbons (Fsp3) is 0.545. The highest BCUT2D eigenvalue weighted by molar-refractivity contribution is 5.41. The standard InChI is InChI=1S/C11H17N3/c1-5-12-8-6-7-11-9(2)13-14(4)10(11)3/h12H,5,8H2,1-4H3. The molecule has 0 saturated carbocycles. The molecule has 0 radical (unpaired) electrons. The predicted octanol–water partition coefficient (Wildman–Crippen LogP) is 0.998. The van der Waals surface area contributed by atoms with Crippen molar-refractivity contribution in [2.75, 3.05) is 13.1 Å². The fourth-order valence-electron chi connectivity index (χ4n) is 1.27. The van der Waals surface area contributed by atoms with Gasteiger partial charge in [-0.1, -0.05) is 18.8 Å². The summed E-state index contributed by atoms with van der Waals surface area (Å²) in [4.78, 5) is 0. The maximum Gasteiger partial charge on any atom is 0.0752 e. The zero-order valence-electron chi connectivity index (χ0n) is 9.31. The van der Waals surface area contributed by atoms with Crippen molar-refractivity contribution in [3.63, 3.8) is 0 Å². The topological polar surface area (TPSA) is 29.9 Å². The first kappa shape index (κ1) is 10.8. The molecule has 0 amide bonds. The quantitative estimate of drug-likeness (QED) is 0.558. The third kappa shape index (κ3) is 2.36. The summed E-state index contributed by atoms with van der Waals surface area (Å²) in [6.07, 6.45) is 0. The average Bonchev–Trinajstić information content (AvgIpc) is 2.38. The van der Waals surface area contributed by atoms with Gasteiger partial charge in [-0.25, -0.2) is 0 Å². The molecule has 0 aliphatic rings. The van der Waals surface area contributed by atoms with E-state index in [9.17, 15) is 0 Å². The lowest BCUT2D eigenvalue weighted by molar-refractivity contribution is 0.731. The van der Waals surface area contributed by atoms with Crippen molar-refractivity contribution in [3.05, 3.63) is 17.0 Å². The predicted molar refractivity (Wildman–Crippen MR) is 58.1 cm³/mol. The molecule has 0 aromatic carbocycles. The smallest absolute Gasteiger partial charge is 0.0752 e. The molecule has 1 heterocycles. The molecular weight excluding hydrogens is 174 g/mol. The van der Waals surface area contributed by atoms with E-state index < -0.39 is 0 Å². The van der Waals surface area contributed by atoms with Gasteiger partial charge in [-0.05, 0) is 20.4 Å². The van der Waals surface area contributed by atoms with Gasteiger partial charge >= 0.3 is 0 Å². The van der Waals surface area contributed by atoms with E-state index in [4.69, 9.17) is 0 Å². The SMILES string of the molecule is CCNCC#Cc1c(C)nn(C)c1C. The minimum Gasteiger partial charge on any atom is -0.306 e. The number of hydrogen-bond acceptors (Lipinski definition) is 2. The first-order valence-corrected chi connectivity index (χ1v) is 4.86. The van der Waals surface area contributed by atoms with Gasteiger partial charge in [0.2, 0.25) is 0 Å². The van der Waals surface area contributed by atoms with Crippen LogP contribution in [0.1, 0.15) is 23.9 Å². The molecule has 0 atom stereocenters. The van der Waals surface area contributed by atoms with Crippen LogP contribution >= 0.6 is 0 Å². The summed E-state index contributed by atoms with van der Waals surface area (Å²) in [7, 11) is 1.94. The summed E-state index contributed by atoms with van der Waals surface area (Å²) >= 11 is 0. The van der Waals surface area contributed by atoms with Gasteiger partial charge in [0.1, 0.15) is 0 Å². The first-order chi connectivity index (χ1) is 6.66. The van der Waals surface area contributed by atoms with Gasteiger partial charge in [-0.2, -0.15) is 5.10 Å². The van der Waals surface area contributed by atoms with Gasteiger partial charge in [0.15, 0.2) is 0 Å². The van der Waals surface area contributed by atoms with Gasteiger partial charge in [0, 0.05) is 7.05 Å². The lowest BCUT2D eigenvalue weighted by Gasteiger charge is -1.92. The largest absolute Gasteiger partial charge is 0.306 e. The van der Waals surface area contributed by atoms with Crippen molar-refractivity contribution in [1.82, 2.24) is 15.1 Å². The molecule has 1 aromatic rings. The summed E-state index contributed by atoms with van der Waals surface area (Å²) < 4.78 is 1.87. The third-order valence-corrected chi connectivity index (χ3v) is 2.19. The minimum absolute atomic E-state index is 0.740. The molecule has 76 valence electrons. The number of aryl methyl sites for hydroxylation is 2. The molecule has 0 fully saturated rings. The summed E-state index contributed by atoms with van der Waals surface area (Å²) in [6, 6.07) is 0. The number of aromatic nitrogens is 2. The van der Waals surface area contributed by atoms with E-state index in [-0.39, 0.29) is 0 Å². The highest BCUT2D eigenvalue weighted by atomic mass is 15.3. The molecule has 0 aliphatic heterocycles. The van der Waals surface area contributed by atoms with E-state index >= 15 is 0 Å². The van der Waals surface area contributed by atoms with Crippen LogP contribution in [0.3, 0.4) is 0 Å². The Kier molecular flexibility index (Phi) is 3.73. The maximum atomic E-state index is 4.30. The zero-order chi connectivity index (χ0) is 10.6. The normalized spacial score (nSPS) is 9.71. The molecule has 0 aliphatic carbocycles. The molecule has 1 aromatic heterocycles. The second-order valence-electron chi connectivity index (χ2n) is 3.25. The maximum absolute atomic E-state index is 4.30. The third-order valence-electron chi connectivity index (χ3n) is 2.19. The molecule has 1 N–H and O–H groups in total. The van der Waals surface area contributed by atoms with Gasteiger partial charge in [0.05, 0.1) is 23.5 Å². The van der Waals surface area contributed by atoms with Gasteiger partial charge in [-0.3, -0.25) is 4.68 Å². The van der Waals surface area contributed by atoms with E-state index in [1.807, 2.05) is 25.6 Å². The second kappa shape index (κ2) is 4.83. The molecular formula is C11H17N3. The van der Waals surface area contributed by atoms with E-state index in [2.05, 4.69) is 29.2 Å². The van der Waals surface area contributed by atoms with E-state index in [1.165, 1.54) is 0 Å². The summed E-state index contributed by atoms with van der Waals surface area (Å²) in [5, 5.41) is 7.47. The molecule has 3 heteroatoms. The molecule has 0 saturated heterocycles. The van der Waals surface area contributed by atoms with Crippen molar-refractivity contribution >= 4 is 0 Å². The Bertz CT molecular complexity index is 366. The van der Waals surface area contributed by atoms with Crippen molar-refractivity contribution in [3.8, 4) is 11.8 Å². The van der Waals surface area contributed by atoms with Crippen LogP contribution in [0.2, 0.25) is 0 Å². The van der Waals surface area contributed by atoms with Gasteiger partial charge in [-0.15, -0.1) is 0 Å². The highest BCUT2D eigenvalue weighted by Crippen LogP contribution is 2.09. The Labute approximate surface area is 85.5 Å². The Morgan fingerprint density at radius 3 is 2.64 bits per heavy atom. The highest BCUT2D eigenvalue weighted by Gasteiger charge is 2.05. The van der Waals surface area contributed by atoms with Crippen molar-refractivity contribution < 1.29 is 0 Å². The van der Waals surface area contributed by atoms with E-state index in [1.54, 1.807) is 0 Å². The Balaban J connectivity index is 2.78. The Morgan fingerprint density at radius 1 is 1.43 bits per heavy atom. The molecule has 0 spiro atoms. The van der Waals surface area contributed by atoms with Gasteiger partial charge in [0.25, 0.3) is 0 Å². The summed E-state index contributed by atoms with van der Waals surface area (Å²) in [6.45, 7) is 7.80. The molecule has 0 bridgehead atoms. The van der Waals surface area contributed by atoms with E-state index in [0.29, 0.717) is 0 Å². The van der Waals surface area contributed by atoms with E-state index in [0.717, 1.165) is 30.0 Å². The molecule has 3 nitrogen and oxygen atoms in total. The molecule has 1 rings (SSSR count). The number of nitrogens with zero attached hydrogens (tertiary/aromatic N) is 2. The zero-order valence-corrected chi connectivity index (χ0v) is 9.31. The number of nitrogens with one attached hydrogen (secondary N) is 1. The van der Waals surface area contributed by atoms with Crippen molar-refractivity contribution in [2.24, 2.45) is 7.05 Å². The summed E-state index contributed by atoms with van der Waals surface area (Å²) in [5.74, 6) is 6.22. The van der Waals surface area contributed by atoms with Crippen LogP contribution in [-0.2, 0) is 7.05 Å². The van der Waals surface area contributed by atoms with Crippen molar-refractivity contribution in [1.29, 1.82) is 0 Å². The lowest BCUT2D eigenvalue weighted by Crippen LogP contribution is -2.11. The second-order valence-corrected chi connectivity index (χ2v) is 3.25. The molecule has 0 unspecified atom stereocenters. The Hall–Kier alpha value is -1.27. The number of rotatable bonds is 2. The van der Waals surface area contributed by atoms with Crippen LogP contribution in [0.15, 0.2) is 0 Å². The van der Waals surface area contributed by atoms with Crippen LogP contribution in [0.5, 0.6) is 0 Å². The van der Waals surface area contributed by atoms with Crippen LogP contribution in [0.4, 0.5) is 0 Å². The van der Waals surface area contributed by atoms with Crippen LogP contribution in [-0.4, -0.2) is 22.9 Å². The van der Waals surface area contributed by atoms with Crippen LogP contribution in [0.25, 0.3) is 0 Å². The Morgan fingerprint density at radius 2 is 2.14 bits per heavy atom. The van der Waals surface area contributed by atoms with Gasteiger partial charge < -0.3 is 5.32 Å². The fourth-order valence-corrected chi connectivity index (χ4v) is 1.27. The molecule has 14 heavy (non-hydrogen) atoms. The lowest BCUT2D eigenvalue weighted by atomic mass is 10.2.